The van der Waals surface area contributed by atoms with Gasteiger partial charge in [0.25, 0.3) is 0 Å². The van der Waals surface area contributed by atoms with Crippen molar-refractivity contribution in [2.45, 2.75) is 17.4 Å². The largest absolute Gasteiger partial charge is 0.497 e. The van der Waals surface area contributed by atoms with E-state index in [0.717, 1.165) is 12.7 Å². The van der Waals surface area contributed by atoms with Crippen LogP contribution in [-0.4, -0.2) is 46.4 Å². The zero-order valence-corrected chi connectivity index (χ0v) is 15.8. The average molecular weight is 394 g/mol. The number of nitrogen functional groups attached to an aromatic ring is 1. The molecule has 0 fully saturated rings. The van der Waals surface area contributed by atoms with Crippen molar-refractivity contribution in [3.05, 3.63) is 53.6 Å². The second-order valence-corrected chi connectivity index (χ2v) is 7.41. The first-order valence-corrected chi connectivity index (χ1v) is 9.52. The van der Waals surface area contributed by atoms with Gasteiger partial charge in [0.2, 0.25) is 10.0 Å². The number of rotatable bonds is 8. The molecule has 0 aliphatic rings. The second kappa shape index (κ2) is 8.85. The van der Waals surface area contributed by atoms with E-state index in [1.54, 1.807) is 30.3 Å². The summed E-state index contributed by atoms with van der Waals surface area (Å²) in [4.78, 5) is 11.6. The van der Waals surface area contributed by atoms with Crippen LogP contribution in [0, 0.1) is 0 Å². The first-order valence-electron chi connectivity index (χ1n) is 8.03. The van der Waals surface area contributed by atoms with E-state index >= 15 is 0 Å². The Bertz CT molecular complexity index is 914. The number of ether oxygens (including phenoxy) is 2. The summed E-state index contributed by atoms with van der Waals surface area (Å²) in [5, 5.41) is 9.30. The third-order valence-corrected chi connectivity index (χ3v) is 5.53. The Balaban J connectivity index is 2.46. The number of para-hydroxylation sites is 1. The predicted molar refractivity (Wildman–Crippen MR) is 99.9 cm³/mol. The maximum Gasteiger partial charge on any atom is 0.326 e. The molecule has 0 aliphatic carbocycles. The van der Waals surface area contributed by atoms with E-state index in [2.05, 4.69) is 9.46 Å². The minimum absolute atomic E-state index is 0.0473. The van der Waals surface area contributed by atoms with Gasteiger partial charge in [-0.05, 0) is 35.4 Å². The molecule has 9 heteroatoms. The highest BCUT2D eigenvalue weighted by atomic mass is 32.2. The topological polar surface area (TPSA) is 128 Å². The van der Waals surface area contributed by atoms with Crippen LogP contribution >= 0.6 is 0 Å². The lowest BCUT2D eigenvalue weighted by Crippen LogP contribution is -2.44. The van der Waals surface area contributed by atoms with Crippen LogP contribution in [-0.2, 0) is 26.0 Å². The van der Waals surface area contributed by atoms with Gasteiger partial charge >= 0.3 is 5.97 Å². The molecular formula is C18H22N2O6S. The van der Waals surface area contributed by atoms with Gasteiger partial charge in [0.05, 0.1) is 25.7 Å². The van der Waals surface area contributed by atoms with Gasteiger partial charge in [0.15, 0.2) is 0 Å². The van der Waals surface area contributed by atoms with Crippen molar-refractivity contribution in [1.82, 2.24) is 4.72 Å². The third kappa shape index (κ3) is 4.97. The molecule has 0 aliphatic heterocycles. The number of aliphatic hydroxyl groups is 1. The standard InChI is InChI=1S/C18H22N2O6S/c1-25-14-7-8-17(27(23,24)20-16(11-21)18(22)26-2)13(10-14)9-12-5-3-4-6-15(12)19/h3-8,10,16,20-21H,9,11,19H2,1-2H3. The first-order chi connectivity index (χ1) is 12.8. The number of sulfonamides is 1. The number of aliphatic hydroxyl groups excluding tert-OH is 1. The van der Waals surface area contributed by atoms with E-state index < -0.39 is 28.6 Å². The molecule has 0 amide bonds. The summed E-state index contributed by atoms with van der Waals surface area (Å²) < 4.78 is 37.5. The van der Waals surface area contributed by atoms with E-state index in [-0.39, 0.29) is 11.3 Å². The molecule has 2 aromatic carbocycles. The van der Waals surface area contributed by atoms with Crippen LogP contribution in [0.1, 0.15) is 11.1 Å². The quantitative estimate of drug-likeness (QED) is 0.444. The van der Waals surface area contributed by atoms with E-state index in [4.69, 9.17) is 10.5 Å². The number of methoxy groups -OCH3 is 2. The van der Waals surface area contributed by atoms with Gasteiger partial charge in [-0.15, -0.1) is 0 Å². The lowest BCUT2D eigenvalue weighted by molar-refractivity contribution is -0.143. The van der Waals surface area contributed by atoms with Gasteiger partial charge in [0.1, 0.15) is 11.8 Å². The fourth-order valence-electron chi connectivity index (χ4n) is 2.54. The van der Waals surface area contributed by atoms with E-state index in [1.807, 2.05) is 0 Å². The van der Waals surface area contributed by atoms with Crippen LogP contribution in [0.15, 0.2) is 47.4 Å². The molecule has 0 spiro atoms. The lowest BCUT2D eigenvalue weighted by Gasteiger charge is -2.17. The fraction of sp³-hybridized carbons (Fsp3) is 0.278. The highest BCUT2D eigenvalue weighted by molar-refractivity contribution is 7.89. The molecular weight excluding hydrogens is 372 g/mol. The molecule has 0 aromatic heterocycles. The summed E-state index contributed by atoms with van der Waals surface area (Å²) in [6.45, 7) is -0.733. The zero-order chi connectivity index (χ0) is 20.0. The maximum atomic E-state index is 12.8. The van der Waals surface area contributed by atoms with Crippen molar-refractivity contribution < 1.29 is 27.8 Å². The van der Waals surface area contributed by atoms with Gasteiger partial charge in [-0.1, -0.05) is 18.2 Å². The molecule has 0 bridgehead atoms. The van der Waals surface area contributed by atoms with Crippen LogP contribution < -0.4 is 15.2 Å². The SMILES string of the molecule is COC(=O)C(CO)NS(=O)(=O)c1ccc(OC)cc1Cc1ccccc1N. The summed E-state index contributed by atoms with van der Waals surface area (Å²) in [5.74, 6) is -0.409. The van der Waals surface area contributed by atoms with Crippen LogP contribution in [0.2, 0.25) is 0 Å². The summed E-state index contributed by atoms with van der Waals surface area (Å²) in [6.07, 6.45) is 0.238. The monoisotopic (exact) mass is 394 g/mol. The van der Waals surface area contributed by atoms with E-state index in [1.165, 1.54) is 19.2 Å². The van der Waals surface area contributed by atoms with Crippen LogP contribution in [0.3, 0.4) is 0 Å². The van der Waals surface area contributed by atoms with Crippen molar-refractivity contribution in [3.63, 3.8) is 0 Å². The van der Waals surface area contributed by atoms with E-state index in [0.29, 0.717) is 17.0 Å². The van der Waals surface area contributed by atoms with Crippen molar-refractivity contribution >= 4 is 21.7 Å². The number of benzene rings is 2. The van der Waals surface area contributed by atoms with Gasteiger partial charge in [-0.2, -0.15) is 4.72 Å². The molecule has 2 aromatic rings. The summed E-state index contributed by atoms with van der Waals surface area (Å²) in [7, 11) is -1.54. The van der Waals surface area contributed by atoms with Gasteiger partial charge < -0.3 is 20.3 Å². The Morgan fingerprint density at radius 2 is 1.89 bits per heavy atom. The number of esters is 1. The highest BCUT2D eigenvalue weighted by Crippen LogP contribution is 2.26. The Labute approximate surface area is 158 Å². The maximum absolute atomic E-state index is 12.8. The Kier molecular flexibility index (Phi) is 6.78. The first kappa shape index (κ1) is 20.7. The summed E-state index contributed by atoms with van der Waals surface area (Å²) in [6, 6.07) is 10.2. The highest BCUT2D eigenvalue weighted by Gasteiger charge is 2.28. The second-order valence-electron chi connectivity index (χ2n) is 5.73. The number of nitrogens with one attached hydrogen (secondary N) is 1. The molecule has 27 heavy (non-hydrogen) atoms. The Hall–Kier alpha value is -2.62. The molecule has 1 atom stereocenters. The Morgan fingerprint density at radius 3 is 2.48 bits per heavy atom. The van der Waals surface area contributed by atoms with Crippen molar-refractivity contribution in [3.8, 4) is 5.75 Å². The fourth-order valence-corrected chi connectivity index (χ4v) is 3.93. The molecule has 4 N–H and O–H groups in total. The minimum atomic E-state index is -4.12. The number of nitrogens with two attached hydrogens (primary N) is 1. The molecule has 0 saturated carbocycles. The number of carbonyl (C=O) groups is 1. The summed E-state index contributed by atoms with van der Waals surface area (Å²) >= 11 is 0. The van der Waals surface area contributed by atoms with Crippen LogP contribution in [0.4, 0.5) is 5.69 Å². The summed E-state index contributed by atoms with van der Waals surface area (Å²) in [5.41, 5.74) is 7.67. The molecule has 0 saturated heterocycles. The number of hydrogen-bond donors (Lipinski definition) is 3. The van der Waals surface area contributed by atoms with Crippen molar-refractivity contribution in [2.24, 2.45) is 0 Å². The van der Waals surface area contributed by atoms with Gasteiger partial charge in [0, 0.05) is 12.1 Å². The number of hydrogen-bond acceptors (Lipinski definition) is 7. The molecule has 0 radical (unpaired) electrons. The van der Waals surface area contributed by atoms with Crippen molar-refractivity contribution in [1.29, 1.82) is 0 Å². The van der Waals surface area contributed by atoms with E-state index in [9.17, 15) is 18.3 Å². The smallest absolute Gasteiger partial charge is 0.326 e. The van der Waals surface area contributed by atoms with Gasteiger partial charge in [-0.3, -0.25) is 4.79 Å². The van der Waals surface area contributed by atoms with Gasteiger partial charge in [-0.25, -0.2) is 8.42 Å². The lowest BCUT2D eigenvalue weighted by atomic mass is 10.0. The number of carbonyl (C=O) groups excluding carboxylic acids is 1. The number of anilines is 1. The molecule has 0 heterocycles. The zero-order valence-electron chi connectivity index (χ0n) is 15.0. The molecule has 2 rings (SSSR count). The Morgan fingerprint density at radius 1 is 1.19 bits per heavy atom. The molecule has 1 unspecified atom stereocenters. The normalized spacial score (nSPS) is 12.4. The van der Waals surface area contributed by atoms with Crippen molar-refractivity contribution in [2.75, 3.05) is 26.6 Å². The van der Waals surface area contributed by atoms with Crippen LogP contribution in [0.5, 0.6) is 5.75 Å². The third-order valence-electron chi connectivity index (χ3n) is 3.96. The van der Waals surface area contributed by atoms with Crippen LogP contribution in [0.25, 0.3) is 0 Å². The molecule has 8 nitrogen and oxygen atoms in total. The molecule has 146 valence electrons. The predicted octanol–water partition coefficient (Wildman–Crippen LogP) is 0.680. The minimum Gasteiger partial charge on any atom is -0.497 e. The average Bonchev–Trinajstić information content (AvgIpc) is 2.67.